The molecule has 2 fully saturated rings. The highest BCUT2D eigenvalue weighted by Crippen LogP contribution is 2.48. The summed E-state index contributed by atoms with van der Waals surface area (Å²) in [6.07, 6.45) is 10.8. The molecule has 1 saturated heterocycles. The van der Waals surface area contributed by atoms with Gasteiger partial charge in [-0.05, 0) is 51.5 Å². The molecule has 10 nitrogen and oxygen atoms in total. The monoisotopic (exact) mass is 486 g/mol. The van der Waals surface area contributed by atoms with Crippen LogP contribution in [0.3, 0.4) is 0 Å². The minimum absolute atomic E-state index is 0.00688. The van der Waals surface area contributed by atoms with Crippen LogP contribution in [-0.2, 0) is 4.79 Å². The van der Waals surface area contributed by atoms with Crippen molar-refractivity contribution < 1.29 is 9.90 Å². The number of H-pyrrole nitrogens is 1. The van der Waals surface area contributed by atoms with Crippen molar-refractivity contribution in [2.45, 2.75) is 63.5 Å². The summed E-state index contributed by atoms with van der Waals surface area (Å²) < 4.78 is 1.75. The number of likely N-dealkylation sites (tertiary alicyclic amines) is 1. The Morgan fingerprint density at radius 1 is 1.14 bits per heavy atom. The zero-order valence-corrected chi connectivity index (χ0v) is 20.4. The van der Waals surface area contributed by atoms with Crippen LogP contribution in [0.25, 0.3) is 28.3 Å². The smallest absolute Gasteiger partial charge is 0.248 e. The summed E-state index contributed by atoms with van der Waals surface area (Å²) in [7, 11) is 0. The number of aliphatic hydroxyl groups excluding tert-OH is 1. The Labute approximate surface area is 208 Å². The van der Waals surface area contributed by atoms with Gasteiger partial charge in [-0.2, -0.15) is 9.61 Å². The van der Waals surface area contributed by atoms with E-state index >= 15 is 0 Å². The van der Waals surface area contributed by atoms with Crippen molar-refractivity contribution in [3.63, 3.8) is 0 Å². The Hall–Kier alpha value is -3.79. The van der Waals surface area contributed by atoms with Gasteiger partial charge in [0.05, 0.1) is 11.9 Å². The van der Waals surface area contributed by atoms with Crippen LogP contribution in [0.4, 0.5) is 5.82 Å². The van der Waals surface area contributed by atoms with Gasteiger partial charge in [-0.3, -0.25) is 9.78 Å². The summed E-state index contributed by atoms with van der Waals surface area (Å²) in [5.74, 6) is 1.72. The molecule has 1 amide bonds. The average Bonchev–Trinajstić information content (AvgIpc) is 3.37. The number of hydrogen-bond donors (Lipinski definition) is 3. The molecule has 10 heteroatoms. The molecule has 0 radical (unpaired) electrons. The van der Waals surface area contributed by atoms with E-state index in [0.29, 0.717) is 17.4 Å². The fourth-order valence-electron chi connectivity index (χ4n) is 5.83. The highest BCUT2D eigenvalue weighted by molar-refractivity contribution is 5.79. The summed E-state index contributed by atoms with van der Waals surface area (Å²) in [5, 5.41) is 14.0. The van der Waals surface area contributed by atoms with Crippen LogP contribution >= 0.6 is 0 Å². The van der Waals surface area contributed by atoms with E-state index in [0.717, 1.165) is 59.6 Å². The van der Waals surface area contributed by atoms with Gasteiger partial charge in [-0.1, -0.05) is 6.07 Å². The maximum atomic E-state index is 12.3. The van der Waals surface area contributed by atoms with Gasteiger partial charge >= 0.3 is 0 Å². The van der Waals surface area contributed by atoms with E-state index in [9.17, 15) is 9.90 Å². The summed E-state index contributed by atoms with van der Waals surface area (Å²) >= 11 is 0. The number of pyridine rings is 1. The van der Waals surface area contributed by atoms with Gasteiger partial charge in [0.15, 0.2) is 11.5 Å². The van der Waals surface area contributed by atoms with Crippen LogP contribution in [0.5, 0.6) is 0 Å². The van der Waals surface area contributed by atoms with Crippen molar-refractivity contribution in [2.75, 3.05) is 12.3 Å². The van der Waals surface area contributed by atoms with Crippen molar-refractivity contribution in [3.05, 3.63) is 48.2 Å². The molecule has 6 rings (SSSR count). The van der Waals surface area contributed by atoms with Gasteiger partial charge in [-0.25, -0.2) is 9.97 Å². The number of piperidine rings is 1. The number of fused-ring (bicyclic) bond motifs is 1. The molecule has 0 aromatic carbocycles. The molecule has 3 atom stereocenters. The number of carbonyl (C=O) groups excluding carboxylic acids is 1. The minimum atomic E-state index is -0.463. The molecule has 4 aromatic rings. The SMILES string of the molecule is CC1C[C@@H](c2nc3c(-c4ccc(-c5ncc[nH]5)nc4)cnn3c(N)c2C2CC2)C[C@H](C)N1C(=O)CO. The number of anilines is 1. The number of aromatic amines is 1. The van der Waals surface area contributed by atoms with E-state index in [4.69, 9.17) is 10.7 Å². The molecule has 1 unspecified atom stereocenters. The quantitative estimate of drug-likeness (QED) is 0.394. The number of nitrogens with two attached hydrogens (primary N) is 1. The summed E-state index contributed by atoms with van der Waals surface area (Å²) in [5.41, 5.74) is 12.1. The third-order valence-electron chi connectivity index (χ3n) is 7.56. The first kappa shape index (κ1) is 22.7. The highest BCUT2D eigenvalue weighted by Gasteiger charge is 2.39. The largest absolute Gasteiger partial charge is 0.387 e. The van der Waals surface area contributed by atoms with Gasteiger partial charge in [0, 0.05) is 53.3 Å². The van der Waals surface area contributed by atoms with Gasteiger partial charge in [-0.15, -0.1) is 0 Å². The number of aliphatic hydroxyl groups is 1. The highest BCUT2D eigenvalue weighted by atomic mass is 16.3. The van der Waals surface area contributed by atoms with Crippen molar-refractivity contribution >= 4 is 17.4 Å². The number of nitrogens with one attached hydrogen (secondary N) is 1. The lowest BCUT2D eigenvalue weighted by Crippen LogP contribution is -2.50. The normalized spacial score (nSPS) is 22.3. The number of carbonyl (C=O) groups is 1. The van der Waals surface area contributed by atoms with Crippen LogP contribution in [0.15, 0.2) is 36.9 Å². The Balaban J connectivity index is 1.41. The van der Waals surface area contributed by atoms with Gasteiger partial charge < -0.3 is 20.7 Å². The molecule has 1 saturated carbocycles. The second kappa shape index (κ2) is 8.70. The number of imidazole rings is 1. The zero-order chi connectivity index (χ0) is 25.0. The van der Waals surface area contributed by atoms with Gasteiger partial charge in [0.2, 0.25) is 5.91 Å². The van der Waals surface area contributed by atoms with E-state index in [2.05, 4.69) is 20.1 Å². The van der Waals surface area contributed by atoms with E-state index < -0.39 is 6.61 Å². The Bertz CT molecular complexity index is 1400. The third-order valence-corrected chi connectivity index (χ3v) is 7.56. The molecule has 36 heavy (non-hydrogen) atoms. The zero-order valence-electron chi connectivity index (χ0n) is 20.4. The fourth-order valence-corrected chi connectivity index (χ4v) is 5.83. The second-order valence-corrected chi connectivity index (χ2v) is 10.1. The summed E-state index contributed by atoms with van der Waals surface area (Å²) in [4.78, 5) is 31.3. The molecule has 5 heterocycles. The van der Waals surface area contributed by atoms with E-state index in [1.165, 1.54) is 0 Å². The second-order valence-electron chi connectivity index (χ2n) is 10.1. The molecule has 0 bridgehead atoms. The van der Waals surface area contributed by atoms with Crippen LogP contribution in [0.1, 0.15) is 62.6 Å². The molecule has 1 aliphatic heterocycles. The molecule has 0 spiro atoms. The Morgan fingerprint density at radius 3 is 2.53 bits per heavy atom. The summed E-state index contributed by atoms with van der Waals surface area (Å²) in [6, 6.07) is 3.94. The number of aromatic nitrogens is 6. The first-order valence-corrected chi connectivity index (χ1v) is 12.5. The van der Waals surface area contributed by atoms with E-state index in [1.807, 2.05) is 37.1 Å². The minimum Gasteiger partial charge on any atom is -0.387 e. The maximum absolute atomic E-state index is 12.3. The first-order valence-electron chi connectivity index (χ1n) is 12.5. The molecule has 4 aromatic heterocycles. The number of amides is 1. The lowest BCUT2D eigenvalue weighted by Gasteiger charge is -2.42. The topological polar surface area (TPSA) is 138 Å². The fraction of sp³-hybridized carbons (Fsp3) is 0.423. The predicted molar refractivity (Wildman–Crippen MR) is 135 cm³/mol. The van der Waals surface area contributed by atoms with Crippen molar-refractivity contribution in [1.82, 2.24) is 34.4 Å². The lowest BCUT2D eigenvalue weighted by molar-refractivity contribution is -0.140. The number of nitrogens with zero attached hydrogens (tertiary/aromatic N) is 6. The third kappa shape index (κ3) is 3.72. The van der Waals surface area contributed by atoms with Crippen LogP contribution < -0.4 is 5.73 Å². The van der Waals surface area contributed by atoms with E-state index in [-0.39, 0.29) is 23.9 Å². The molecule has 1 aliphatic carbocycles. The Morgan fingerprint density at radius 2 is 1.92 bits per heavy atom. The molecular weight excluding hydrogens is 456 g/mol. The molecular formula is C26H30N8O2. The molecule has 2 aliphatic rings. The molecule has 186 valence electrons. The first-order chi connectivity index (χ1) is 17.5. The predicted octanol–water partition coefficient (Wildman–Crippen LogP) is 3.12. The van der Waals surface area contributed by atoms with Crippen molar-refractivity contribution in [1.29, 1.82) is 0 Å². The summed E-state index contributed by atoms with van der Waals surface area (Å²) in [6.45, 7) is 3.63. The van der Waals surface area contributed by atoms with E-state index in [1.54, 1.807) is 23.1 Å². The number of nitrogen functional groups attached to an aromatic ring is 1. The average molecular weight is 487 g/mol. The van der Waals surface area contributed by atoms with Crippen LogP contribution in [0, 0.1) is 0 Å². The maximum Gasteiger partial charge on any atom is 0.248 e. The number of hydrogen-bond acceptors (Lipinski definition) is 7. The lowest BCUT2D eigenvalue weighted by atomic mass is 9.82. The standard InChI is InChI=1S/C26H30N8O2/c1-14-9-18(10-15(2)33(14)21(36)13-35)23-22(16-3-4-16)24(27)34-26(32-23)19(12-31-34)17-5-6-20(30-11-17)25-28-7-8-29-25/h5-8,11-12,14-16,18,35H,3-4,9-10,13,27H2,1-2H3,(H,28,29)/t14-,15?,18-/m0/s1. The van der Waals surface area contributed by atoms with Crippen LogP contribution in [-0.4, -0.2) is 64.2 Å². The Kier molecular flexibility index (Phi) is 5.48. The van der Waals surface area contributed by atoms with Crippen molar-refractivity contribution in [2.24, 2.45) is 0 Å². The number of rotatable bonds is 5. The van der Waals surface area contributed by atoms with Gasteiger partial charge in [0.1, 0.15) is 18.1 Å². The molecule has 4 N–H and O–H groups in total. The van der Waals surface area contributed by atoms with Crippen molar-refractivity contribution in [3.8, 4) is 22.6 Å². The van der Waals surface area contributed by atoms with Crippen LogP contribution in [0.2, 0.25) is 0 Å². The van der Waals surface area contributed by atoms with Gasteiger partial charge in [0.25, 0.3) is 0 Å².